The summed E-state index contributed by atoms with van der Waals surface area (Å²) in [5.74, 6) is 2.24. The van der Waals surface area contributed by atoms with E-state index in [9.17, 15) is 5.11 Å². The van der Waals surface area contributed by atoms with Crippen molar-refractivity contribution in [3.63, 3.8) is 0 Å². The fraction of sp³-hybridized carbons (Fsp3) is 0.154. The number of benzene rings is 3. The number of ether oxygens (including phenoxy) is 3. The number of phenolic OH excluding ortho intramolecular Hbond substituents is 1. The lowest BCUT2D eigenvalue weighted by atomic mass is 10.1. The Kier molecular flexibility index (Phi) is 6.31. The average molecular weight is 444 g/mol. The lowest BCUT2D eigenvalue weighted by Crippen LogP contribution is -2.00. The van der Waals surface area contributed by atoms with Gasteiger partial charge in [-0.05, 0) is 61.4 Å². The van der Waals surface area contributed by atoms with Gasteiger partial charge in [0.25, 0.3) is 0 Å². The number of anilines is 1. The quantitative estimate of drug-likeness (QED) is 0.393. The number of nitrogens with zero attached hydrogens (tertiary/aromatic N) is 2. The molecule has 3 aromatic carbocycles. The number of hydrogen-bond acceptors (Lipinski definition) is 7. The van der Waals surface area contributed by atoms with E-state index in [4.69, 9.17) is 19.9 Å². The molecule has 0 saturated heterocycles. The number of nitrogen functional groups attached to an aromatic ring is 1. The fourth-order valence-electron chi connectivity index (χ4n) is 3.34. The molecule has 0 atom stereocenters. The van der Waals surface area contributed by atoms with Crippen molar-refractivity contribution in [3.8, 4) is 40.0 Å². The SMILES string of the molecule is COc1ccc(Oc2cnc(N)nc2-c2ccc(OCc3cc(C)ccc3C)cc2O)cc1. The van der Waals surface area contributed by atoms with E-state index < -0.39 is 0 Å². The first kappa shape index (κ1) is 22.0. The van der Waals surface area contributed by atoms with E-state index >= 15 is 0 Å². The largest absolute Gasteiger partial charge is 0.507 e. The molecule has 4 rings (SSSR count). The third-order valence-corrected chi connectivity index (χ3v) is 5.18. The molecule has 7 nitrogen and oxygen atoms in total. The summed E-state index contributed by atoms with van der Waals surface area (Å²) in [6, 6.07) is 18.4. The van der Waals surface area contributed by atoms with Crippen LogP contribution in [-0.4, -0.2) is 22.2 Å². The van der Waals surface area contributed by atoms with Crippen molar-refractivity contribution in [3.05, 3.63) is 83.6 Å². The maximum Gasteiger partial charge on any atom is 0.220 e. The second-order valence-electron chi connectivity index (χ2n) is 7.62. The van der Waals surface area contributed by atoms with Gasteiger partial charge in [-0.15, -0.1) is 0 Å². The van der Waals surface area contributed by atoms with Crippen LogP contribution in [-0.2, 0) is 6.61 Å². The number of phenols is 1. The van der Waals surface area contributed by atoms with Crippen LogP contribution in [0.4, 0.5) is 5.95 Å². The molecule has 0 amide bonds. The normalized spacial score (nSPS) is 10.6. The second kappa shape index (κ2) is 9.48. The first-order chi connectivity index (χ1) is 15.9. The van der Waals surface area contributed by atoms with Crippen LogP contribution in [0.5, 0.6) is 28.7 Å². The molecule has 1 heterocycles. The molecule has 0 unspecified atom stereocenters. The van der Waals surface area contributed by atoms with E-state index in [-0.39, 0.29) is 11.7 Å². The molecule has 33 heavy (non-hydrogen) atoms. The molecule has 0 spiro atoms. The number of aromatic nitrogens is 2. The highest BCUT2D eigenvalue weighted by molar-refractivity contribution is 5.73. The molecule has 0 aliphatic rings. The summed E-state index contributed by atoms with van der Waals surface area (Å²) in [5.41, 5.74) is 10.1. The molecule has 0 fully saturated rings. The van der Waals surface area contributed by atoms with Crippen LogP contribution in [0.3, 0.4) is 0 Å². The van der Waals surface area contributed by atoms with E-state index in [1.165, 1.54) is 11.8 Å². The van der Waals surface area contributed by atoms with E-state index in [1.54, 1.807) is 49.6 Å². The molecule has 1 aromatic heterocycles. The number of aromatic hydroxyl groups is 1. The van der Waals surface area contributed by atoms with Gasteiger partial charge >= 0.3 is 0 Å². The predicted octanol–water partition coefficient (Wildman–Crippen LogP) is 5.43. The third kappa shape index (κ3) is 5.15. The summed E-state index contributed by atoms with van der Waals surface area (Å²) in [6.07, 6.45) is 1.48. The van der Waals surface area contributed by atoms with Crippen LogP contribution in [0.1, 0.15) is 16.7 Å². The van der Waals surface area contributed by atoms with E-state index in [0.29, 0.717) is 40.9 Å². The summed E-state index contributed by atoms with van der Waals surface area (Å²) < 4.78 is 17.0. The highest BCUT2D eigenvalue weighted by atomic mass is 16.5. The van der Waals surface area contributed by atoms with Gasteiger partial charge < -0.3 is 25.1 Å². The summed E-state index contributed by atoms with van der Waals surface area (Å²) in [5, 5.41) is 10.7. The minimum absolute atomic E-state index is 0.00820. The Morgan fingerprint density at radius 2 is 1.64 bits per heavy atom. The van der Waals surface area contributed by atoms with E-state index in [0.717, 1.165) is 11.1 Å². The van der Waals surface area contributed by atoms with Crippen molar-refractivity contribution in [2.45, 2.75) is 20.5 Å². The molecule has 4 aromatic rings. The number of nitrogens with two attached hydrogens (primary N) is 1. The van der Waals surface area contributed by atoms with Crippen molar-refractivity contribution in [2.75, 3.05) is 12.8 Å². The maximum atomic E-state index is 10.7. The molecule has 0 radical (unpaired) electrons. The minimum Gasteiger partial charge on any atom is -0.507 e. The van der Waals surface area contributed by atoms with Crippen LogP contribution in [0.25, 0.3) is 11.3 Å². The number of rotatable bonds is 7. The van der Waals surface area contributed by atoms with Gasteiger partial charge in [0.05, 0.1) is 13.3 Å². The van der Waals surface area contributed by atoms with Crippen molar-refractivity contribution < 1.29 is 19.3 Å². The molecule has 168 valence electrons. The molecular weight excluding hydrogens is 418 g/mol. The molecule has 0 bridgehead atoms. The second-order valence-corrected chi connectivity index (χ2v) is 7.62. The summed E-state index contributed by atoms with van der Waals surface area (Å²) in [6.45, 7) is 4.49. The zero-order valence-corrected chi connectivity index (χ0v) is 18.7. The number of aryl methyl sites for hydroxylation is 2. The fourth-order valence-corrected chi connectivity index (χ4v) is 3.34. The van der Waals surface area contributed by atoms with Gasteiger partial charge in [0.2, 0.25) is 5.95 Å². The van der Waals surface area contributed by atoms with E-state index in [1.807, 2.05) is 13.8 Å². The standard InChI is InChI=1S/C26H25N3O4/c1-16-4-5-17(2)18(12-16)15-32-21-10-11-22(23(30)13-21)25-24(14-28-26(27)29-25)33-20-8-6-19(31-3)7-9-20/h4-14,30H,15H2,1-3H3,(H2,27,28,29). The van der Waals surface area contributed by atoms with Gasteiger partial charge in [0.15, 0.2) is 5.75 Å². The Morgan fingerprint density at radius 1 is 0.909 bits per heavy atom. The third-order valence-electron chi connectivity index (χ3n) is 5.18. The molecular formula is C26H25N3O4. The maximum absolute atomic E-state index is 10.7. The van der Waals surface area contributed by atoms with Crippen LogP contribution in [0.2, 0.25) is 0 Å². The molecule has 0 aliphatic carbocycles. The van der Waals surface area contributed by atoms with Gasteiger partial charge in [-0.3, -0.25) is 0 Å². The Bertz CT molecular complexity index is 1270. The van der Waals surface area contributed by atoms with Crippen molar-refractivity contribution >= 4 is 5.95 Å². The molecule has 3 N–H and O–H groups in total. The summed E-state index contributed by atoms with van der Waals surface area (Å²) in [4.78, 5) is 8.33. The average Bonchev–Trinajstić information content (AvgIpc) is 2.81. The zero-order valence-electron chi connectivity index (χ0n) is 18.7. The first-order valence-electron chi connectivity index (χ1n) is 10.4. The van der Waals surface area contributed by atoms with Crippen LogP contribution in [0, 0.1) is 13.8 Å². The zero-order chi connectivity index (χ0) is 23.4. The van der Waals surface area contributed by atoms with Crippen LogP contribution >= 0.6 is 0 Å². The van der Waals surface area contributed by atoms with Crippen molar-refractivity contribution in [1.29, 1.82) is 0 Å². The first-order valence-corrected chi connectivity index (χ1v) is 10.4. The lowest BCUT2D eigenvalue weighted by Gasteiger charge is -2.14. The smallest absolute Gasteiger partial charge is 0.220 e. The van der Waals surface area contributed by atoms with Crippen molar-refractivity contribution in [2.24, 2.45) is 0 Å². The van der Waals surface area contributed by atoms with Gasteiger partial charge in [-0.25, -0.2) is 9.97 Å². The Balaban J connectivity index is 1.58. The van der Waals surface area contributed by atoms with Gasteiger partial charge in [-0.1, -0.05) is 23.8 Å². The van der Waals surface area contributed by atoms with Gasteiger partial charge in [0.1, 0.15) is 35.3 Å². The lowest BCUT2D eigenvalue weighted by molar-refractivity contribution is 0.303. The monoisotopic (exact) mass is 443 g/mol. The highest BCUT2D eigenvalue weighted by Crippen LogP contribution is 2.38. The highest BCUT2D eigenvalue weighted by Gasteiger charge is 2.16. The Morgan fingerprint density at radius 3 is 2.36 bits per heavy atom. The van der Waals surface area contributed by atoms with E-state index in [2.05, 4.69) is 28.2 Å². The molecule has 0 aliphatic heterocycles. The van der Waals surface area contributed by atoms with Gasteiger partial charge in [-0.2, -0.15) is 0 Å². The van der Waals surface area contributed by atoms with Crippen molar-refractivity contribution in [1.82, 2.24) is 9.97 Å². The number of methoxy groups -OCH3 is 1. The summed E-state index contributed by atoms with van der Waals surface area (Å²) in [7, 11) is 1.60. The Labute approximate surface area is 192 Å². The minimum atomic E-state index is -0.00820. The summed E-state index contributed by atoms with van der Waals surface area (Å²) >= 11 is 0. The van der Waals surface area contributed by atoms with Gasteiger partial charge in [0, 0.05) is 11.6 Å². The number of hydrogen-bond donors (Lipinski definition) is 2. The molecule has 0 saturated carbocycles. The van der Waals surface area contributed by atoms with Crippen LogP contribution in [0.15, 0.2) is 66.9 Å². The van der Waals surface area contributed by atoms with Crippen LogP contribution < -0.4 is 19.9 Å². The predicted molar refractivity (Wildman–Crippen MR) is 127 cm³/mol. The Hall–Kier alpha value is -4.26. The molecule has 7 heteroatoms. The topological polar surface area (TPSA) is 99.7 Å².